The number of allylic oxidation sites excluding steroid dienone is 6. The molecule has 55 heavy (non-hydrogen) atoms. The quantitative estimate of drug-likeness (QED) is 0.177. The molecule has 0 fully saturated rings. The molecular weight excluding hydrogens is 665 g/mol. The second kappa shape index (κ2) is 12.4. The van der Waals surface area contributed by atoms with E-state index in [0.717, 1.165) is 57.1 Å². The van der Waals surface area contributed by atoms with Gasteiger partial charge in [-0.15, -0.1) is 0 Å². The van der Waals surface area contributed by atoms with Gasteiger partial charge in [0.1, 0.15) is 11.2 Å². The topological polar surface area (TPSA) is 13.1 Å². The van der Waals surface area contributed by atoms with E-state index in [1.807, 2.05) is 6.07 Å². The highest BCUT2D eigenvalue weighted by Gasteiger charge is 2.36. The highest BCUT2D eigenvalue weighted by molar-refractivity contribution is 6.12. The predicted molar refractivity (Wildman–Crippen MR) is 233 cm³/mol. The molecule has 7 aromatic rings. The van der Waals surface area contributed by atoms with Crippen molar-refractivity contribution in [1.29, 1.82) is 0 Å². The maximum absolute atomic E-state index is 6.54. The maximum Gasteiger partial charge on any atom is 0.136 e. The fourth-order valence-corrected chi connectivity index (χ4v) is 9.59. The Kier molecular flexibility index (Phi) is 7.55. The van der Waals surface area contributed by atoms with E-state index in [4.69, 9.17) is 11.0 Å². The normalized spacial score (nSPS) is 18.0. The zero-order valence-corrected chi connectivity index (χ0v) is 32.0. The second-order valence-corrected chi connectivity index (χ2v) is 16.4. The first-order chi connectivity index (χ1) is 26.7. The summed E-state index contributed by atoms with van der Waals surface area (Å²) in [6.45, 7) is 14.4. The number of hydrogen-bond acceptors (Lipinski definition) is 1. The molecular formula is C54H44O. The van der Waals surface area contributed by atoms with Crippen LogP contribution in [0.3, 0.4) is 0 Å². The molecule has 0 unspecified atom stereocenters. The molecule has 3 aliphatic rings. The standard InChI is InChI=1S/C54H44O/c1-34(44-32-46-43-24-14-17-27-51(43)55-52(46)33-45(44)50-31-36-18-10-15-25-47(36)53(50,2)3)37-19-8-6-7-9-20-38(40-22-12-11-21-39(37)40)35-28-29-42-41-23-13-16-26-48(41)54(4,5)49(42)30-35/h8-33H,1,6-7H2,2-5H3/b19-8?,20-9+,39-37?,40-38+. The Balaban J connectivity index is 1.24. The van der Waals surface area contributed by atoms with Crippen molar-refractivity contribution in [2.24, 2.45) is 0 Å². The van der Waals surface area contributed by atoms with Crippen LogP contribution in [0.4, 0.5) is 0 Å². The van der Waals surface area contributed by atoms with Crippen molar-refractivity contribution in [2.75, 3.05) is 0 Å². The lowest BCUT2D eigenvalue weighted by Gasteiger charge is -2.27. The van der Waals surface area contributed by atoms with E-state index in [-0.39, 0.29) is 10.8 Å². The van der Waals surface area contributed by atoms with E-state index in [9.17, 15) is 0 Å². The van der Waals surface area contributed by atoms with E-state index < -0.39 is 0 Å². The largest absolute Gasteiger partial charge is 0.456 e. The number of benzene rings is 6. The average molecular weight is 709 g/mol. The summed E-state index contributed by atoms with van der Waals surface area (Å²) in [6.07, 6.45) is 13.6. The van der Waals surface area contributed by atoms with Gasteiger partial charge in [-0.3, -0.25) is 0 Å². The van der Waals surface area contributed by atoms with Crippen LogP contribution in [0.15, 0.2) is 163 Å². The fraction of sp³-hybridized carbons (Fsp3) is 0.148. The van der Waals surface area contributed by atoms with E-state index in [1.54, 1.807) is 0 Å². The van der Waals surface area contributed by atoms with Gasteiger partial charge in [0.15, 0.2) is 0 Å². The van der Waals surface area contributed by atoms with Gasteiger partial charge in [0, 0.05) is 21.6 Å². The number of rotatable bonds is 4. The lowest BCUT2D eigenvalue weighted by atomic mass is 9.76. The molecule has 3 aliphatic carbocycles. The van der Waals surface area contributed by atoms with Crippen LogP contribution in [0.5, 0.6) is 0 Å². The molecule has 10 rings (SSSR count). The number of fused-ring (bicyclic) bond motifs is 8. The zero-order valence-electron chi connectivity index (χ0n) is 32.0. The Labute approximate surface area is 323 Å². The molecule has 1 heteroatoms. The molecule has 0 spiro atoms. The van der Waals surface area contributed by atoms with E-state index in [1.165, 1.54) is 60.5 Å². The average Bonchev–Trinajstić information content (AvgIpc) is 3.79. The summed E-state index contributed by atoms with van der Waals surface area (Å²) in [5.74, 6) is 0. The first-order valence-corrected chi connectivity index (χ1v) is 19.6. The third kappa shape index (κ3) is 5.14. The van der Waals surface area contributed by atoms with Crippen LogP contribution in [0.1, 0.15) is 79.5 Å². The van der Waals surface area contributed by atoms with Gasteiger partial charge in [0.25, 0.3) is 0 Å². The molecule has 0 amide bonds. The van der Waals surface area contributed by atoms with Crippen LogP contribution in [0.2, 0.25) is 0 Å². The van der Waals surface area contributed by atoms with Crippen molar-refractivity contribution in [3.63, 3.8) is 0 Å². The van der Waals surface area contributed by atoms with E-state index in [2.05, 4.69) is 179 Å². The Hall–Kier alpha value is -6.18. The van der Waals surface area contributed by atoms with Crippen LogP contribution < -0.4 is 10.4 Å². The van der Waals surface area contributed by atoms with Crippen LogP contribution in [0, 0.1) is 0 Å². The Morgan fingerprint density at radius 1 is 0.564 bits per heavy atom. The van der Waals surface area contributed by atoms with Gasteiger partial charge in [0.05, 0.1) is 0 Å². The predicted octanol–water partition coefficient (Wildman–Crippen LogP) is 12.7. The van der Waals surface area contributed by atoms with Crippen LogP contribution >= 0.6 is 0 Å². The molecule has 0 saturated carbocycles. The van der Waals surface area contributed by atoms with E-state index >= 15 is 0 Å². The molecule has 1 nitrogen and oxygen atoms in total. The summed E-state index contributed by atoms with van der Waals surface area (Å²) in [5.41, 5.74) is 17.8. The van der Waals surface area contributed by atoms with E-state index in [0.29, 0.717) is 0 Å². The van der Waals surface area contributed by atoms with Gasteiger partial charge in [-0.25, -0.2) is 0 Å². The lowest BCUT2D eigenvalue weighted by molar-refractivity contribution is 0.660. The SMILES string of the molecule is C=C(C1=c2cccc/c2=C(c2ccc3c(c2)C(C)(C)c2ccccc2-3)/C=C/CCC=C1)c1cc2c(cc1C1=Cc3ccccc3C1(C)C)oc1ccccc12. The zero-order chi connectivity index (χ0) is 37.5. The fourth-order valence-electron chi connectivity index (χ4n) is 9.59. The van der Waals surface area contributed by atoms with Gasteiger partial charge in [-0.05, 0) is 126 Å². The maximum atomic E-state index is 6.54. The van der Waals surface area contributed by atoms with Crippen molar-refractivity contribution in [1.82, 2.24) is 0 Å². The molecule has 266 valence electrons. The molecule has 1 heterocycles. The second-order valence-electron chi connectivity index (χ2n) is 16.4. The summed E-state index contributed by atoms with van der Waals surface area (Å²) in [7, 11) is 0. The third-order valence-electron chi connectivity index (χ3n) is 12.5. The number of furan rings is 1. The van der Waals surface area contributed by atoms with Crippen molar-refractivity contribution in [3.8, 4) is 11.1 Å². The number of hydrogen-bond donors (Lipinski definition) is 0. The van der Waals surface area contributed by atoms with Crippen LogP contribution in [-0.4, -0.2) is 0 Å². The highest BCUT2D eigenvalue weighted by atomic mass is 16.3. The minimum Gasteiger partial charge on any atom is -0.456 e. The monoisotopic (exact) mass is 708 g/mol. The van der Waals surface area contributed by atoms with Gasteiger partial charge < -0.3 is 4.42 Å². The van der Waals surface area contributed by atoms with Crippen LogP contribution in [0.25, 0.3) is 61.4 Å². The minimum absolute atomic E-state index is 0.0787. The Bertz CT molecular complexity index is 2990. The van der Waals surface area contributed by atoms with Gasteiger partial charge in [-0.1, -0.05) is 162 Å². The molecule has 0 N–H and O–H groups in total. The molecule has 0 saturated heterocycles. The molecule has 6 aromatic carbocycles. The first-order valence-electron chi connectivity index (χ1n) is 19.6. The van der Waals surface area contributed by atoms with Gasteiger partial charge in [-0.2, -0.15) is 0 Å². The molecule has 1 aromatic heterocycles. The van der Waals surface area contributed by atoms with Gasteiger partial charge in [0.2, 0.25) is 0 Å². The molecule has 0 aliphatic heterocycles. The molecule has 0 bridgehead atoms. The number of para-hydroxylation sites is 1. The first kappa shape index (κ1) is 33.4. The summed E-state index contributed by atoms with van der Waals surface area (Å²) >= 11 is 0. The van der Waals surface area contributed by atoms with Crippen molar-refractivity contribution < 1.29 is 4.42 Å². The lowest BCUT2D eigenvalue weighted by Crippen LogP contribution is -2.29. The minimum atomic E-state index is -0.202. The van der Waals surface area contributed by atoms with Crippen LogP contribution in [-0.2, 0) is 10.8 Å². The molecule has 0 radical (unpaired) electrons. The Morgan fingerprint density at radius 3 is 2.09 bits per heavy atom. The van der Waals surface area contributed by atoms with Crippen molar-refractivity contribution in [2.45, 2.75) is 51.4 Å². The summed E-state index contributed by atoms with van der Waals surface area (Å²) in [4.78, 5) is 0. The summed E-state index contributed by atoms with van der Waals surface area (Å²) in [6, 6.07) is 46.7. The highest BCUT2D eigenvalue weighted by Crippen LogP contribution is 2.51. The van der Waals surface area contributed by atoms with Gasteiger partial charge >= 0.3 is 0 Å². The molecule has 0 atom stereocenters. The smallest absolute Gasteiger partial charge is 0.136 e. The summed E-state index contributed by atoms with van der Waals surface area (Å²) < 4.78 is 6.54. The third-order valence-corrected chi connectivity index (χ3v) is 12.5. The summed E-state index contributed by atoms with van der Waals surface area (Å²) in [5, 5.41) is 4.62. The Morgan fingerprint density at radius 2 is 1.25 bits per heavy atom. The van der Waals surface area contributed by atoms with Crippen molar-refractivity contribution >= 4 is 50.3 Å². The van der Waals surface area contributed by atoms with Crippen molar-refractivity contribution in [3.05, 3.63) is 208 Å².